The van der Waals surface area contributed by atoms with E-state index in [0.717, 1.165) is 6.07 Å². The lowest BCUT2D eigenvalue weighted by Gasteiger charge is -2.14. The van der Waals surface area contributed by atoms with Crippen LogP contribution in [-0.4, -0.2) is 28.3 Å². The van der Waals surface area contributed by atoms with Crippen molar-refractivity contribution in [2.24, 2.45) is 0 Å². The summed E-state index contributed by atoms with van der Waals surface area (Å²) in [4.78, 5) is 8.33. The first-order valence-electron chi connectivity index (χ1n) is 7.74. The minimum Gasteiger partial charge on any atom is -0.491 e. The number of anilines is 1. The summed E-state index contributed by atoms with van der Waals surface area (Å²) in [5.74, 6) is 1.06. The predicted molar refractivity (Wildman–Crippen MR) is 87.7 cm³/mol. The highest BCUT2D eigenvalue weighted by Crippen LogP contribution is 2.35. The Morgan fingerprint density at radius 1 is 1.15 bits per heavy atom. The van der Waals surface area contributed by atoms with Gasteiger partial charge in [-0.3, -0.25) is 0 Å². The Hall–Kier alpha value is -3.10. The molecule has 2 aromatic heterocycles. The lowest BCUT2D eigenvalue weighted by atomic mass is 10.2. The Kier molecular flexibility index (Phi) is 5.06. The number of benzene rings is 1. The van der Waals surface area contributed by atoms with Gasteiger partial charge in [-0.2, -0.15) is 18.2 Å². The number of hydrogen-bond acceptors (Lipinski definition) is 6. The number of hydrogen-bond donors (Lipinski definition) is 1. The van der Waals surface area contributed by atoms with Crippen molar-refractivity contribution in [1.82, 2.24) is 15.1 Å². The molecule has 0 fully saturated rings. The number of nitrogens with one attached hydrogen (secondary N) is 1. The van der Waals surface area contributed by atoms with Crippen molar-refractivity contribution in [1.29, 1.82) is 0 Å². The number of pyridine rings is 1. The van der Waals surface area contributed by atoms with Crippen LogP contribution < -0.4 is 10.1 Å². The number of nitrogens with zero attached hydrogens (tertiary/aromatic N) is 3. The summed E-state index contributed by atoms with van der Waals surface area (Å²) >= 11 is 0. The summed E-state index contributed by atoms with van der Waals surface area (Å²) < 4.78 is 49.2. The van der Waals surface area contributed by atoms with Crippen molar-refractivity contribution >= 4 is 5.82 Å². The van der Waals surface area contributed by atoms with Crippen LogP contribution in [0, 0.1) is 6.92 Å². The predicted octanol–water partition coefficient (Wildman–Crippen LogP) is 3.95. The molecule has 9 heteroatoms. The van der Waals surface area contributed by atoms with Gasteiger partial charge < -0.3 is 14.6 Å². The maximum absolute atomic E-state index is 12.9. The van der Waals surface area contributed by atoms with Gasteiger partial charge in [0.05, 0.1) is 17.7 Å². The van der Waals surface area contributed by atoms with Crippen LogP contribution in [0.2, 0.25) is 0 Å². The molecule has 0 bridgehead atoms. The van der Waals surface area contributed by atoms with Crippen LogP contribution in [0.5, 0.6) is 5.75 Å². The Morgan fingerprint density at radius 3 is 2.69 bits per heavy atom. The van der Waals surface area contributed by atoms with Gasteiger partial charge in [-0.1, -0.05) is 17.3 Å². The lowest BCUT2D eigenvalue weighted by molar-refractivity contribution is -0.138. The molecule has 0 atom stereocenters. The molecule has 0 aliphatic heterocycles. The topological polar surface area (TPSA) is 73.1 Å². The molecule has 1 N–H and O–H groups in total. The number of ether oxygens (including phenoxy) is 1. The zero-order valence-corrected chi connectivity index (χ0v) is 13.7. The summed E-state index contributed by atoms with van der Waals surface area (Å²) in [7, 11) is 0. The van der Waals surface area contributed by atoms with Crippen molar-refractivity contribution in [3.05, 3.63) is 54.0 Å². The van der Waals surface area contributed by atoms with Crippen LogP contribution in [0.3, 0.4) is 0 Å². The highest BCUT2D eigenvalue weighted by atomic mass is 19.4. The van der Waals surface area contributed by atoms with Crippen LogP contribution in [0.15, 0.2) is 47.1 Å². The average molecular weight is 364 g/mol. The van der Waals surface area contributed by atoms with Crippen molar-refractivity contribution in [2.45, 2.75) is 13.1 Å². The summed E-state index contributed by atoms with van der Waals surface area (Å²) in [6.07, 6.45) is -2.89. The van der Waals surface area contributed by atoms with E-state index in [4.69, 9.17) is 9.26 Å². The molecule has 2 heterocycles. The summed E-state index contributed by atoms with van der Waals surface area (Å²) in [5, 5.41) is 6.73. The van der Waals surface area contributed by atoms with E-state index < -0.39 is 11.7 Å². The molecule has 0 saturated heterocycles. The van der Waals surface area contributed by atoms with Gasteiger partial charge in [0.2, 0.25) is 0 Å². The van der Waals surface area contributed by atoms with Gasteiger partial charge in [0.15, 0.2) is 5.82 Å². The van der Waals surface area contributed by atoms with Gasteiger partial charge in [-0.25, -0.2) is 4.98 Å². The number of para-hydroxylation sites is 1. The molecule has 1 aromatic carbocycles. The maximum Gasteiger partial charge on any atom is 0.419 e. The Labute approximate surface area is 147 Å². The van der Waals surface area contributed by atoms with Crippen LogP contribution in [0.25, 0.3) is 11.5 Å². The molecule has 0 aliphatic rings. The molecular weight excluding hydrogens is 349 g/mol. The average Bonchev–Trinajstić information content (AvgIpc) is 3.05. The molecule has 3 aromatic rings. The lowest BCUT2D eigenvalue weighted by Crippen LogP contribution is -2.15. The fraction of sp³-hybridized carbons (Fsp3) is 0.235. The summed E-state index contributed by atoms with van der Waals surface area (Å²) in [6.45, 7) is 1.96. The fourth-order valence-electron chi connectivity index (χ4n) is 2.28. The molecule has 3 rings (SSSR count). The van der Waals surface area contributed by atoms with E-state index in [1.54, 1.807) is 25.3 Å². The zero-order valence-electron chi connectivity index (χ0n) is 13.7. The minimum absolute atomic E-state index is 0.0198. The van der Waals surface area contributed by atoms with Crippen molar-refractivity contribution < 1.29 is 22.4 Å². The smallest absolute Gasteiger partial charge is 0.419 e. The summed E-state index contributed by atoms with van der Waals surface area (Å²) in [6, 6.07) is 8.55. The Balaban J connectivity index is 1.64. The molecule has 136 valence electrons. The van der Waals surface area contributed by atoms with E-state index >= 15 is 0 Å². The highest BCUT2D eigenvalue weighted by molar-refractivity contribution is 5.68. The first-order chi connectivity index (χ1) is 12.4. The van der Waals surface area contributed by atoms with Crippen LogP contribution in [0.1, 0.15) is 11.4 Å². The van der Waals surface area contributed by atoms with E-state index in [2.05, 4.69) is 20.4 Å². The second-order valence-electron chi connectivity index (χ2n) is 5.32. The number of aryl methyl sites for hydroxylation is 1. The van der Waals surface area contributed by atoms with Gasteiger partial charge in [-0.15, -0.1) is 0 Å². The Morgan fingerprint density at radius 2 is 1.96 bits per heavy atom. The minimum atomic E-state index is -4.46. The quantitative estimate of drug-likeness (QED) is 0.668. The van der Waals surface area contributed by atoms with E-state index in [-0.39, 0.29) is 18.9 Å². The fourth-order valence-corrected chi connectivity index (χ4v) is 2.28. The molecule has 26 heavy (non-hydrogen) atoms. The monoisotopic (exact) mass is 364 g/mol. The van der Waals surface area contributed by atoms with Crippen molar-refractivity contribution in [2.75, 3.05) is 18.5 Å². The summed E-state index contributed by atoms with van der Waals surface area (Å²) in [5.41, 5.74) is -0.205. The number of rotatable bonds is 6. The first kappa shape index (κ1) is 17.7. The molecular formula is C17H15F3N4O2. The van der Waals surface area contributed by atoms with Crippen LogP contribution in [-0.2, 0) is 6.18 Å². The Bertz CT molecular complexity index is 880. The molecule has 0 radical (unpaired) electrons. The van der Waals surface area contributed by atoms with Gasteiger partial charge >= 0.3 is 6.18 Å². The van der Waals surface area contributed by atoms with Gasteiger partial charge in [-0.05, 0) is 31.2 Å². The normalized spacial score (nSPS) is 11.4. The van der Waals surface area contributed by atoms with Crippen LogP contribution >= 0.6 is 0 Å². The molecule has 0 unspecified atom stereocenters. The van der Waals surface area contributed by atoms with Crippen LogP contribution in [0.4, 0.5) is 19.0 Å². The second kappa shape index (κ2) is 7.42. The van der Waals surface area contributed by atoms with Gasteiger partial charge in [0, 0.05) is 6.20 Å². The molecule has 0 spiro atoms. The third-order valence-corrected chi connectivity index (χ3v) is 3.41. The largest absolute Gasteiger partial charge is 0.491 e. The van der Waals surface area contributed by atoms with E-state index in [0.29, 0.717) is 23.1 Å². The number of alkyl halides is 3. The third kappa shape index (κ3) is 4.11. The maximum atomic E-state index is 12.9. The van der Waals surface area contributed by atoms with Crippen molar-refractivity contribution in [3.8, 4) is 17.2 Å². The van der Waals surface area contributed by atoms with Crippen molar-refractivity contribution in [3.63, 3.8) is 0 Å². The highest BCUT2D eigenvalue weighted by Gasteiger charge is 2.33. The molecule has 0 aliphatic carbocycles. The molecule has 0 saturated carbocycles. The number of halogens is 3. The van der Waals surface area contributed by atoms with E-state index in [1.165, 1.54) is 18.2 Å². The molecule has 6 nitrogen and oxygen atoms in total. The van der Waals surface area contributed by atoms with E-state index in [9.17, 15) is 13.2 Å². The van der Waals surface area contributed by atoms with E-state index in [1.807, 2.05) is 0 Å². The third-order valence-electron chi connectivity index (χ3n) is 3.41. The number of aromatic nitrogens is 3. The van der Waals surface area contributed by atoms with Gasteiger partial charge in [0.25, 0.3) is 5.89 Å². The second-order valence-corrected chi connectivity index (χ2v) is 5.32. The first-order valence-corrected chi connectivity index (χ1v) is 7.74. The van der Waals surface area contributed by atoms with Gasteiger partial charge in [0.1, 0.15) is 18.2 Å². The molecule has 0 amide bonds. The standard InChI is InChI=1S/C17H15F3N4O2/c1-11-23-16(26-24-11)12-5-4-8-21-15(12)22-9-10-25-14-7-3-2-6-13(14)17(18,19)20/h2-8H,9-10H2,1H3,(H,21,22). The SMILES string of the molecule is Cc1noc(-c2cccnc2NCCOc2ccccc2C(F)(F)F)n1. The zero-order chi connectivity index (χ0) is 18.6.